The number of rotatable bonds is 3. The summed E-state index contributed by atoms with van der Waals surface area (Å²) in [6.45, 7) is 2.13. The van der Waals surface area contributed by atoms with Crippen LogP contribution in [0.15, 0.2) is 77.9 Å². The topological polar surface area (TPSA) is 16.2 Å². The van der Waals surface area contributed by atoms with Crippen molar-refractivity contribution in [3.8, 4) is 11.3 Å². The van der Waals surface area contributed by atoms with Crippen LogP contribution >= 0.6 is 0 Å². The van der Waals surface area contributed by atoms with Crippen LogP contribution in [0, 0.1) is 6.92 Å². The van der Waals surface area contributed by atoms with E-state index in [0.29, 0.717) is 0 Å². The molecule has 2 aromatic carbocycles. The molecule has 0 aliphatic heterocycles. The smallest absolute Gasteiger partial charge is 0.238 e. The van der Waals surface area contributed by atoms with Crippen molar-refractivity contribution >= 4 is 11.9 Å². The first-order valence-electron chi connectivity index (χ1n) is 7.39. The lowest BCUT2D eigenvalue weighted by atomic mass is 10.0. The molecule has 0 aliphatic carbocycles. The van der Waals surface area contributed by atoms with Crippen molar-refractivity contribution in [1.82, 2.24) is 0 Å². The number of aromatic nitrogens is 1. The number of hydrogen-bond donors (Lipinski definition) is 0. The second-order valence-electron chi connectivity index (χ2n) is 5.34. The lowest BCUT2D eigenvalue weighted by Crippen LogP contribution is -2.30. The molecule has 0 unspecified atom stereocenters. The minimum absolute atomic E-state index is 0.975. The van der Waals surface area contributed by atoms with Crippen LogP contribution in [-0.2, 0) is 7.05 Å². The minimum atomic E-state index is 0.975. The fourth-order valence-corrected chi connectivity index (χ4v) is 2.55. The van der Waals surface area contributed by atoms with Crippen LogP contribution in [0.5, 0.6) is 0 Å². The molecule has 3 rings (SSSR count). The van der Waals surface area contributed by atoms with E-state index < -0.39 is 0 Å². The van der Waals surface area contributed by atoms with Gasteiger partial charge in [-0.05, 0) is 30.2 Å². The molecule has 1 aromatic heterocycles. The van der Waals surface area contributed by atoms with E-state index in [2.05, 4.69) is 67.2 Å². The molecule has 0 atom stereocenters. The van der Waals surface area contributed by atoms with Crippen LogP contribution in [0.2, 0.25) is 0 Å². The number of nitrogens with zero attached hydrogens (tertiary/aromatic N) is 2. The molecule has 0 radical (unpaired) electrons. The van der Waals surface area contributed by atoms with E-state index in [1.54, 1.807) is 0 Å². The van der Waals surface area contributed by atoms with E-state index in [9.17, 15) is 0 Å². The maximum atomic E-state index is 4.71. The monoisotopic (exact) mass is 287 g/mol. The highest BCUT2D eigenvalue weighted by Crippen LogP contribution is 2.28. The summed E-state index contributed by atoms with van der Waals surface area (Å²) >= 11 is 0. The molecule has 2 nitrogen and oxygen atoms in total. The van der Waals surface area contributed by atoms with Crippen molar-refractivity contribution in [3.63, 3.8) is 0 Å². The highest BCUT2D eigenvalue weighted by atomic mass is 14.9. The highest BCUT2D eigenvalue weighted by Gasteiger charge is 2.16. The number of aliphatic imine (C=N–C) groups is 1. The molecular weight excluding hydrogens is 268 g/mol. The van der Waals surface area contributed by atoms with Gasteiger partial charge in [0.05, 0.1) is 5.56 Å². The van der Waals surface area contributed by atoms with Gasteiger partial charge >= 0.3 is 0 Å². The normalized spacial score (nSPS) is 11.0. The third-order valence-corrected chi connectivity index (χ3v) is 3.71. The van der Waals surface area contributed by atoms with Crippen molar-refractivity contribution in [2.24, 2.45) is 12.0 Å². The Morgan fingerprint density at radius 3 is 2.36 bits per heavy atom. The molecule has 2 heteroatoms. The van der Waals surface area contributed by atoms with Gasteiger partial charge in [0.2, 0.25) is 5.69 Å². The summed E-state index contributed by atoms with van der Waals surface area (Å²) in [6.07, 6.45) is 3.97. The van der Waals surface area contributed by atoms with Gasteiger partial charge in [0, 0.05) is 12.3 Å². The van der Waals surface area contributed by atoms with Gasteiger partial charge in [-0.3, -0.25) is 0 Å². The third kappa shape index (κ3) is 2.96. The molecule has 108 valence electrons. The zero-order valence-electron chi connectivity index (χ0n) is 12.9. The van der Waals surface area contributed by atoms with Crippen molar-refractivity contribution in [2.45, 2.75) is 6.92 Å². The van der Waals surface area contributed by atoms with Crippen LogP contribution in [-0.4, -0.2) is 6.21 Å². The molecule has 3 aromatic rings. The number of aryl methyl sites for hydroxylation is 2. The van der Waals surface area contributed by atoms with Crippen molar-refractivity contribution in [1.29, 1.82) is 0 Å². The first-order valence-corrected chi connectivity index (χ1v) is 7.39. The largest absolute Gasteiger partial charge is 0.249 e. The molecule has 0 fully saturated rings. The molecule has 0 saturated heterocycles. The average molecular weight is 287 g/mol. The molecule has 1 heterocycles. The Kier molecular flexibility index (Phi) is 4.10. The van der Waals surface area contributed by atoms with Gasteiger partial charge in [-0.25, -0.2) is 4.99 Å². The van der Waals surface area contributed by atoms with Gasteiger partial charge in [-0.15, -0.1) is 0 Å². The van der Waals surface area contributed by atoms with E-state index in [1.165, 1.54) is 11.1 Å². The number of benzene rings is 2. The maximum absolute atomic E-state index is 4.71. The van der Waals surface area contributed by atoms with Gasteiger partial charge in [0.15, 0.2) is 6.20 Å². The van der Waals surface area contributed by atoms with Crippen molar-refractivity contribution in [3.05, 3.63) is 84.1 Å². The minimum Gasteiger partial charge on any atom is -0.249 e. The first kappa shape index (κ1) is 14.2. The van der Waals surface area contributed by atoms with E-state index in [1.807, 2.05) is 30.5 Å². The maximum Gasteiger partial charge on any atom is 0.238 e. The summed E-state index contributed by atoms with van der Waals surface area (Å²) in [4.78, 5) is 4.71. The Morgan fingerprint density at radius 2 is 1.59 bits per heavy atom. The lowest BCUT2D eigenvalue weighted by Gasteiger charge is -2.06. The van der Waals surface area contributed by atoms with Gasteiger partial charge in [0.1, 0.15) is 12.7 Å². The van der Waals surface area contributed by atoms with Gasteiger partial charge < -0.3 is 0 Å². The predicted molar refractivity (Wildman–Crippen MR) is 91.5 cm³/mol. The molecule has 0 saturated carbocycles. The van der Waals surface area contributed by atoms with E-state index in [4.69, 9.17) is 4.99 Å². The van der Waals surface area contributed by atoms with Crippen LogP contribution in [0.3, 0.4) is 0 Å². The van der Waals surface area contributed by atoms with Gasteiger partial charge in [-0.1, -0.05) is 48.5 Å². The average Bonchev–Trinajstić information content (AvgIpc) is 2.55. The second kappa shape index (κ2) is 6.35. The lowest BCUT2D eigenvalue weighted by molar-refractivity contribution is -0.659. The van der Waals surface area contributed by atoms with E-state index in [-0.39, 0.29) is 0 Å². The summed E-state index contributed by atoms with van der Waals surface area (Å²) in [5.74, 6) is 0. The second-order valence-corrected chi connectivity index (χ2v) is 5.34. The quantitative estimate of drug-likeness (QED) is 0.506. The molecule has 0 N–H and O–H groups in total. The molecular formula is C20H19N2+. The SMILES string of the molecule is Cc1ccccc1-c1c(N=Cc2ccccc2)ccc[n+]1C. The Morgan fingerprint density at radius 1 is 0.864 bits per heavy atom. The van der Waals surface area contributed by atoms with Crippen molar-refractivity contribution in [2.75, 3.05) is 0 Å². The number of hydrogen-bond acceptors (Lipinski definition) is 1. The summed E-state index contributed by atoms with van der Waals surface area (Å²) in [5.41, 5.74) is 5.67. The molecule has 0 aliphatic rings. The summed E-state index contributed by atoms with van der Waals surface area (Å²) < 4.78 is 2.12. The van der Waals surface area contributed by atoms with Crippen LogP contribution in [0.4, 0.5) is 5.69 Å². The van der Waals surface area contributed by atoms with Crippen LogP contribution < -0.4 is 4.57 Å². The zero-order chi connectivity index (χ0) is 15.4. The van der Waals surface area contributed by atoms with E-state index >= 15 is 0 Å². The first-order chi connectivity index (χ1) is 10.8. The zero-order valence-corrected chi connectivity index (χ0v) is 12.9. The Bertz CT molecular complexity index is 805. The summed E-state index contributed by atoms with van der Waals surface area (Å²) in [6, 6.07) is 22.7. The van der Waals surface area contributed by atoms with Crippen LogP contribution in [0.25, 0.3) is 11.3 Å². The highest BCUT2D eigenvalue weighted by molar-refractivity contribution is 5.84. The Labute approximate surface area is 131 Å². The van der Waals surface area contributed by atoms with Gasteiger partial charge in [0.25, 0.3) is 0 Å². The fourth-order valence-electron chi connectivity index (χ4n) is 2.55. The third-order valence-electron chi connectivity index (χ3n) is 3.71. The number of pyridine rings is 1. The van der Waals surface area contributed by atoms with E-state index in [0.717, 1.165) is 16.9 Å². The Balaban J connectivity index is 2.08. The van der Waals surface area contributed by atoms with Crippen molar-refractivity contribution < 1.29 is 4.57 Å². The standard InChI is InChI=1S/C20H19N2/c1-16-9-6-7-12-18(16)20-19(13-8-14-22(20)2)21-15-17-10-4-3-5-11-17/h3-15H,1-2H3/q+1. The Hall–Kier alpha value is -2.74. The summed E-state index contributed by atoms with van der Waals surface area (Å²) in [7, 11) is 2.06. The predicted octanol–water partition coefficient (Wildman–Crippen LogP) is 4.24. The van der Waals surface area contributed by atoms with Crippen LogP contribution in [0.1, 0.15) is 11.1 Å². The van der Waals surface area contributed by atoms with Gasteiger partial charge in [-0.2, -0.15) is 4.57 Å². The molecule has 0 bridgehead atoms. The molecule has 0 spiro atoms. The fraction of sp³-hybridized carbons (Fsp3) is 0.100. The molecule has 22 heavy (non-hydrogen) atoms. The summed E-state index contributed by atoms with van der Waals surface area (Å²) in [5, 5.41) is 0. The molecule has 0 amide bonds.